The van der Waals surface area contributed by atoms with Crippen LogP contribution in [-0.2, 0) is 14.3 Å². The Morgan fingerprint density at radius 1 is 1.14 bits per heavy atom. The average Bonchev–Trinajstić information content (AvgIpc) is 3.26. The number of carbonyl (C=O) groups excluding carboxylic acids is 2. The number of hydrogen-bond acceptors (Lipinski definition) is 6. The highest BCUT2D eigenvalue weighted by Crippen LogP contribution is 2.60. The first-order valence-electron chi connectivity index (χ1n) is 13.7. The molecule has 8 nitrogen and oxygen atoms in total. The fraction of sp³-hybridized carbons (Fsp3) is 0.655. The molecule has 1 aromatic carbocycles. The van der Waals surface area contributed by atoms with Gasteiger partial charge in [-0.05, 0) is 73.8 Å². The number of aliphatic hydroxyl groups excluding tert-OH is 2. The predicted molar refractivity (Wildman–Crippen MR) is 136 cm³/mol. The van der Waals surface area contributed by atoms with Crippen molar-refractivity contribution in [3.05, 3.63) is 41.5 Å². The maximum Gasteiger partial charge on any atom is 0.249 e. The summed E-state index contributed by atoms with van der Waals surface area (Å²) < 4.78 is 11.5. The van der Waals surface area contributed by atoms with Crippen molar-refractivity contribution < 1.29 is 29.3 Å². The molecule has 1 aromatic rings. The molecule has 4 fully saturated rings. The number of para-hydroxylation sites is 1. The second-order valence-electron chi connectivity index (χ2n) is 12.1. The fourth-order valence-corrected chi connectivity index (χ4v) is 8.60. The van der Waals surface area contributed by atoms with Gasteiger partial charge in [0, 0.05) is 31.3 Å². The third-order valence-corrected chi connectivity index (χ3v) is 9.50. The summed E-state index contributed by atoms with van der Waals surface area (Å²) in [5.41, 5.74) is 1.38. The van der Waals surface area contributed by atoms with Gasteiger partial charge in [-0.15, -0.1) is 0 Å². The maximum atomic E-state index is 13.6. The molecule has 7 rings (SSSR count). The van der Waals surface area contributed by atoms with E-state index in [2.05, 4.69) is 5.32 Å². The SMILES string of the molecule is COCC(=O)N(CC12CC3CC(CC(C3)C1)C2)[C@@H]1C=C(C(=O)NCCO)[C@@H]2c3ccccc3O[C@@H]2[C@H]1O. The minimum Gasteiger partial charge on any atom is -0.486 e. The Hall–Kier alpha value is -2.42. The summed E-state index contributed by atoms with van der Waals surface area (Å²) in [7, 11) is 1.51. The first-order valence-corrected chi connectivity index (χ1v) is 13.7. The Morgan fingerprint density at radius 2 is 1.81 bits per heavy atom. The molecule has 4 saturated carbocycles. The lowest BCUT2D eigenvalue weighted by atomic mass is 9.49. The highest BCUT2D eigenvalue weighted by atomic mass is 16.5. The van der Waals surface area contributed by atoms with E-state index in [9.17, 15) is 19.8 Å². The van der Waals surface area contributed by atoms with Crippen LogP contribution in [0.1, 0.15) is 50.0 Å². The molecule has 4 bridgehead atoms. The molecule has 4 atom stereocenters. The Balaban J connectivity index is 1.37. The minimum atomic E-state index is -0.999. The van der Waals surface area contributed by atoms with Crippen LogP contribution in [0.15, 0.2) is 35.9 Å². The third kappa shape index (κ3) is 4.37. The average molecular weight is 511 g/mol. The van der Waals surface area contributed by atoms with Crippen molar-refractivity contribution in [3.63, 3.8) is 0 Å². The van der Waals surface area contributed by atoms with Gasteiger partial charge in [-0.1, -0.05) is 18.2 Å². The summed E-state index contributed by atoms with van der Waals surface area (Å²) in [5.74, 6) is 1.91. The fourth-order valence-electron chi connectivity index (χ4n) is 8.60. The lowest BCUT2D eigenvalue weighted by molar-refractivity contribution is -0.148. The number of methoxy groups -OCH3 is 1. The molecule has 0 aromatic heterocycles. The van der Waals surface area contributed by atoms with Gasteiger partial charge < -0.3 is 29.9 Å². The Labute approximate surface area is 218 Å². The van der Waals surface area contributed by atoms with Gasteiger partial charge in [-0.2, -0.15) is 0 Å². The number of nitrogens with zero attached hydrogens (tertiary/aromatic N) is 1. The van der Waals surface area contributed by atoms with Crippen LogP contribution >= 0.6 is 0 Å². The van der Waals surface area contributed by atoms with Gasteiger partial charge in [0.05, 0.1) is 18.6 Å². The minimum absolute atomic E-state index is 0.0569. The number of nitrogens with one attached hydrogen (secondary N) is 1. The lowest BCUT2D eigenvalue weighted by Gasteiger charge is -2.58. The van der Waals surface area contributed by atoms with E-state index in [1.807, 2.05) is 24.3 Å². The van der Waals surface area contributed by atoms with Crippen LogP contribution in [0, 0.1) is 23.2 Å². The molecule has 0 radical (unpaired) electrons. The van der Waals surface area contributed by atoms with Crippen molar-refractivity contribution in [1.29, 1.82) is 0 Å². The number of amides is 2. The highest BCUT2D eigenvalue weighted by molar-refractivity contribution is 5.96. The maximum absolute atomic E-state index is 13.6. The summed E-state index contributed by atoms with van der Waals surface area (Å²) >= 11 is 0. The molecule has 6 aliphatic rings. The van der Waals surface area contributed by atoms with E-state index in [0.717, 1.165) is 42.6 Å². The Morgan fingerprint density at radius 3 is 2.46 bits per heavy atom. The van der Waals surface area contributed by atoms with Crippen molar-refractivity contribution in [2.45, 2.75) is 62.7 Å². The first kappa shape index (κ1) is 24.9. The molecule has 5 aliphatic carbocycles. The van der Waals surface area contributed by atoms with Crippen molar-refractivity contribution in [1.82, 2.24) is 10.2 Å². The van der Waals surface area contributed by atoms with Crippen molar-refractivity contribution in [3.8, 4) is 5.75 Å². The van der Waals surface area contributed by atoms with Gasteiger partial charge in [0.15, 0.2) is 0 Å². The number of carbonyl (C=O) groups is 2. The molecule has 0 spiro atoms. The van der Waals surface area contributed by atoms with Gasteiger partial charge in [0.2, 0.25) is 11.8 Å². The van der Waals surface area contributed by atoms with Crippen LogP contribution in [0.3, 0.4) is 0 Å². The Bertz CT molecular complexity index is 1050. The zero-order valence-corrected chi connectivity index (χ0v) is 21.5. The topological polar surface area (TPSA) is 108 Å². The van der Waals surface area contributed by atoms with Crippen LogP contribution in [-0.4, -0.2) is 78.6 Å². The number of aliphatic hydroxyl groups is 2. The second kappa shape index (κ2) is 9.71. The van der Waals surface area contributed by atoms with Crippen LogP contribution < -0.4 is 10.1 Å². The number of ether oxygens (including phenoxy) is 2. The molecule has 8 heteroatoms. The summed E-state index contributed by atoms with van der Waals surface area (Å²) in [6.07, 6.45) is 7.39. The molecule has 2 amide bonds. The molecule has 0 saturated heterocycles. The molecule has 37 heavy (non-hydrogen) atoms. The monoisotopic (exact) mass is 510 g/mol. The summed E-state index contributed by atoms with van der Waals surface area (Å²) in [6, 6.07) is 6.83. The number of fused-ring (bicyclic) bond motifs is 3. The first-order chi connectivity index (χ1) is 17.9. The van der Waals surface area contributed by atoms with Gasteiger partial charge >= 0.3 is 0 Å². The van der Waals surface area contributed by atoms with Crippen LogP contribution in [0.25, 0.3) is 0 Å². The zero-order chi connectivity index (χ0) is 25.7. The van der Waals surface area contributed by atoms with Crippen molar-refractivity contribution in [2.75, 3.05) is 33.4 Å². The molecular weight excluding hydrogens is 472 g/mol. The third-order valence-electron chi connectivity index (χ3n) is 9.50. The summed E-state index contributed by atoms with van der Waals surface area (Å²) in [5, 5.41) is 23.8. The zero-order valence-electron chi connectivity index (χ0n) is 21.5. The predicted octanol–water partition coefficient (Wildman–Crippen LogP) is 2.00. The summed E-state index contributed by atoms with van der Waals surface area (Å²) in [6.45, 7) is 0.442. The van der Waals surface area contributed by atoms with Gasteiger partial charge in [0.25, 0.3) is 0 Å². The molecule has 1 heterocycles. The van der Waals surface area contributed by atoms with E-state index in [1.165, 1.54) is 26.4 Å². The second-order valence-corrected chi connectivity index (χ2v) is 12.1. The van der Waals surface area contributed by atoms with E-state index in [-0.39, 0.29) is 37.0 Å². The van der Waals surface area contributed by atoms with Gasteiger partial charge in [0.1, 0.15) is 24.6 Å². The van der Waals surface area contributed by atoms with E-state index < -0.39 is 24.2 Å². The van der Waals surface area contributed by atoms with E-state index >= 15 is 0 Å². The molecule has 1 aliphatic heterocycles. The quantitative estimate of drug-likeness (QED) is 0.494. The molecule has 200 valence electrons. The van der Waals surface area contributed by atoms with E-state index in [4.69, 9.17) is 9.47 Å². The highest BCUT2D eigenvalue weighted by Gasteiger charge is 2.55. The van der Waals surface area contributed by atoms with Gasteiger partial charge in [-0.25, -0.2) is 0 Å². The molecular formula is C29H38N2O6. The van der Waals surface area contributed by atoms with Crippen LogP contribution in [0.4, 0.5) is 0 Å². The standard InChI is InChI=1S/C29H38N2O6/c1-36-15-24(33)31(16-29-12-17-8-18(13-29)10-19(9-17)14-29)22-11-21(28(35)30-6-7-32)25-20-4-2-3-5-23(20)37-27(25)26(22)34/h2-5,11,17-19,22,25-27,32,34H,6-10,12-16H2,1H3,(H,30,35)/t17?,18?,19?,22-,25+,26+,27+,29?/m1/s1. The largest absolute Gasteiger partial charge is 0.486 e. The van der Waals surface area contributed by atoms with E-state index in [1.54, 1.807) is 11.0 Å². The normalized spacial score (nSPS) is 36.8. The number of rotatable bonds is 8. The van der Waals surface area contributed by atoms with Crippen molar-refractivity contribution in [2.24, 2.45) is 23.2 Å². The van der Waals surface area contributed by atoms with Crippen LogP contribution in [0.2, 0.25) is 0 Å². The van der Waals surface area contributed by atoms with Gasteiger partial charge in [-0.3, -0.25) is 9.59 Å². The number of benzene rings is 1. The van der Waals surface area contributed by atoms with Crippen molar-refractivity contribution >= 4 is 11.8 Å². The van der Waals surface area contributed by atoms with E-state index in [0.29, 0.717) is 17.9 Å². The Kier molecular flexibility index (Phi) is 6.53. The molecule has 0 unspecified atom stereocenters. The lowest BCUT2D eigenvalue weighted by Crippen LogP contribution is -2.60. The number of hydrogen-bond donors (Lipinski definition) is 3. The van der Waals surface area contributed by atoms with Crippen LogP contribution in [0.5, 0.6) is 5.75 Å². The summed E-state index contributed by atoms with van der Waals surface area (Å²) in [4.78, 5) is 28.7. The molecule has 3 N–H and O–H groups in total. The smallest absolute Gasteiger partial charge is 0.249 e.